The minimum absolute atomic E-state index is 0.550. The third-order valence-corrected chi connectivity index (χ3v) is 7.19. The van der Waals surface area contributed by atoms with E-state index in [0.29, 0.717) is 65.9 Å². The maximum absolute atomic E-state index is 5.93. The topological polar surface area (TPSA) is 95.0 Å². The van der Waals surface area contributed by atoms with Gasteiger partial charge in [-0.05, 0) is 48.5 Å². The van der Waals surface area contributed by atoms with Crippen molar-refractivity contribution in [1.29, 1.82) is 0 Å². The first-order valence-electron chi connectivity index (χ1n) is 15.3. The predicted molar refractivity (Wildman–Crippen MR) is 169 cm³/mol. The lowest BCUT2D eigenvalue weighted by atomic mass is 10.2. The Morgan fingerprint density at radius 3 is 1.18 bits per heavy atom. The Morgan fingerprint density at radius 1 is 0.432 bits per heavy atom. The van der Waals surface area contributed by atoms with E-state index >= 15 is 0 Å². The number of hydrogen-bond donors (Lipinski definition) is 0. The molecule has 10 heteroatoms. The highest BCUT2D eigenvalue weighted by Gasteiger charge is 2.12. The van der Waals surface area contributed by atoms with Crippen LogP contribution < -0.4 is 0 Å². The van der Waals surface area contributed by atoms with Crippen molar-refractivity contribution in [1.82, 2.24) is 29.7 Å². The van der Waals surface area contributed by atoms with E-state index in [9.17, 15) is 0 Å². The van der Waals surface area contributed by atoms with Crippen LogP contribution in [0.5, 0.6) is 0 Å². The van der Waals surface area contributed by atoms with Gasteiger partial charge in [0.2, 0.25) is 0 Å². The summed E-state index contributed by atoms with van der Waals surface area (Å²) in [5, 5.41) is 0. The number of rotatable bonds is 6. The normalized spacial score (nSPS) is 17.5. The van der Waals surface area contributed by atoms with Crippen LogP contribution in [-0.2, 0) is 32.0 Å². The molecule has 1 saturated heterocycles. The van der Waals surface area contributed by atoms with E-state index in [4.69, 9.17) is 28.9 Å². The second kappa shape index (κ2) is 18.2. The molecule has 1 aliphatic rings. The summed E-state index contributed by atoms with van der Waals surface area (Å²) in [4.78, 5) is 23.2. The minimum atomic E-state index is 0.550. The Morgan fingerprint density at radius 2 is 0.818 bits per heavy atom. The lowest BCUT2D eigenvalue weighted by Crippen LogP contribution is -2.33. The molecular formula is C34H42N6O4. The van der Waals surface area contributed by atoms with Crippen molar-refractivity contribution in [3.05, 3.63) is 96.6 Å². The summed E-state index contributed by atoms with van der Waals surface area (Å²) in [6.07, 6.45) is 3.58. The number of aromatic nitrogens is 4. The average molecular weight is 599 g/mol. The SMILES string of the molecule is c1ccc(-c2cccc(CN3CCOCCOCCN(Cc4cccc(-c5ccccn5)n4)CCOCCOCC3)n2)nc1. The molecule has 0 N–H and O–H groups in total. The van der Waals surface area contributed by atoms with Gasteiger partial charge in [0.25, 0.3) is 0 Å². The standard InChI is InChI=1S/C34H42N6O4/c1-3-13-35-31(9-1)33-11-5-7-29(37-33)27-39-15-19-41-23-25-43-21-17-40(18-22-44-26-24-42-20-16-39)28-30-8-6-12-34(38-30)32-10-2-4-14-36-32/h1-14H,15-28H2. The molecule has 0 spiro atoms. The van der Waals surface area contributed by atoms with Crippen molar-refractivity contribution in [3.8, 4) is 22.8 Å². The van der Waals surface area contributed by atoms with Crippen LogP contribution in [0.3, 0.4) is 0 Å². The zero-order valence-corrected chi connectivity index (χ0v) is 25.3. The number of nitrogens with zero attached hydrogens (tertiary/aromatic N) is 6. The van der Waals surface area contributed by atoms with Gasteiger partial charge in [-0.2, -0.15) is 0 Å². The molecule has 232 valence electrons. The fourth-order valence-electron chi connectivity index (χ4n) is 4.87. The highest BCUT2D eigenvalue weighted by molar-refractivity contribution is 5.54. The molecule has 0 saturated carbocycles. The molecule has 4 aromatic heterocycles. The molecule has 10 nitrogen and oxygen atoms in total. The van der Waals surface area contributed by atoms with Crippen LogP contribution in [-0.4, -0.2) is 109 Å². The van der Waals surface area contributed by atoms with Crippen LogP contribution in [0.15, 0.2) is 85.2 Å². The molecule has 5 heterocycles. The van der Waals surface area contributed by atoms with Crippen LogP contribution in [0.2, 0.25) is 0 Å². The lowest BCUT2D eigenvalue weighted by Gasteiger charge is -2.23. The summed E-state index contributed by atoms with van der Waals surface area (Å²) in [6, 6.07) is 23.9. The minimum Gasteiger partial charge on any atom is -0.378 e. The van der Waals surface area contributed by atoms with Gasteiger partial charge in [0, 0.05) is 51.7 Å². The first-order valence-corrected chi connectivity index (χ1v) is 15.3. The molecule has 1 fully saturated rings. The molecule has 1 aliphatic heterocycles. The molecule has 5 rings (SSSR count). The Hall–Kier alpha value is -3.64. The van der Waals surface area contributed by atoms with Gasteiger partial charge in [0.1, 0.15) is 0 Å². The van der Waals surface area contributed by atoms with Crippen LogP contribution in [0, 0.1) is 0 Å². The summed E-state index contributed by atoms with van der Waals surface area (Å²) in [5.74, 6) is 0. The Kier molecular flexibility index (Phi) is 13.2. The van der Waals surface area contributed by atoms with Crippen molar-refractivity contribution in [2.24, 2.45) is 0 Å². The third kappa shape index (κ3) is 10.8. The molecule has 0 aliphatic carbocycles. The van der Waals surface area contributed by atoms with Crippen molar-refractivity contribution >= 4 is 0 Å². The molecule has 0 atom stereocenters. The van der Waals surface area contributed by atoms with E-state index in [1.807, 2.05) is 60.7 Å². The third-order valence-electron chi connectivity index (χ3n) is 7.19. The van der Waals surface area contributed by atoms with E-state index in [2.05, 4.69) is 31.9 Å². The summed E-state index contributed by atoms with van der Waals surface area (Å²) >= 11 is 0. The van der Waals surface area contributed by atoms with Gasteiger partial charge in [-0.25, -0.2) is 9.97 Å². The van der Waals surface area contributed by atoms with Crippen molar-refractivity contribution in [2.75, 3.05) is 79.0 Å². The summed E-state index contributed by atoms with van der Waals surface area (Å²) < 4.78 is 23.7. The van der Waals surface area contributed by atoms with Crippen LogP contribution in [0.25, 0.3) is 22.8 Å². The maximum Gasteiger partial charge on any atom is 0.0890 e. The molecule has 44 heavy (non-hydrogen) atoms. The zero-order valence-electron chi connectivity index (χ0n) is 25.3. The maximum atomic E-state index is 5.93. The summed E-state index contributed by atoms with van der Waals surface area (Å²) in [6.45, 7) is 9.13. The molecule has 0 aromatic carbocycles. The van der Waals surface area contributed by atoms with Crippen molar-refractivity contribution in [2.45, 2.75) is 13.1 Å². The van der Waals surface area contributed by atoms with Crippen molar-refractivity contribution in [3.63, 3.8) is 0 Å². The Balaban J connectivity index is 1.10. The molecule has 0 unspecified atom stereocenters. The summed E-state index contributed by atoms with van der Waals surface area (Å²) in [5.41, 5.74) is 5.47. The molecule has 0 radical (unpaired) electrons. The molecule has 0 bridgehead atoms. The van der Waals surface area contributed by atoms with Crippen LogP contribution in [0.4, 0.5) is 0 Å². The zero-order chi connectivity index (χ0) is 30.1. The van der Waals surface area contributed by atoms with Gasteiger partial charge in [-0.3, -0.25) is 19.8 Å². The Bertz CT molecular complexity index is 1240. The quantitative estimate of drug-likeness (QED) is 0.324. The fraction of sp³-hybridized carbons (Fsp3) is 0.412. The first kappa shape index (κ1) is 31.8. The molecule has 4 aromatic rings. The van der Waals surface area contributed by atoms with Gasteiger partial charge in [0.05, 0.1) is 87.0 Å². The van der Waals surface area contributed by atoms with Gasteiger partial charge < -0.3 is 18.9 Å². The number of ether oxygens (including phenoxy) is 4. The van der Waals surface area contributed by atoms with E-state index < -0.39 is 0 Å². The summed E-state index contributed by atoms with van der Waals surface area (Å²) in [7, 11) is 0. The lowest BCUT2D eigenvalue weighted by molar-refractivity contribution is 0.00600. The Labute approximate surface area is 260 Å². The van der Waals surface area contributed by atoms with E-state index in [0.717, 1.165) is 60.3 Å². The molecular weight excluding hydrogens is 556 g/mol. The fourth-order valence-corrected chi connectivity index (χ4v) is 4.87. The van der Waals surface area contributed by atoms with E-state index in [1.165, 1.54) is 0 Å². The van der Waals surface area contributed by atoms with Crippen molar-refractivity contribution < 1.29 is 18.9 Å². The second-order valence-electron chi connectivity index (χ2n) is 10.5. The van der Waals surface area contributed by atoms with Gasteiger partial charge in [-0.15, -0.1) is 0 Å². The second-order valence-corrected chi connectivity index (χ2v) is 10.5. The highest BCUT2D eigenvalue weighted by atomic mass is 16.5. The van der Waals surface area contributed by atoms with E-state index in [1.54, 1.807) is 12.4 Å². The van der Waals surface area contributed by atoms with Gasteiger partial charge in [0.15, 0.2) is 0 Å². The van der Waals surface area contributed by atoms with Crippen LogP contribution in [0.1, 0.15) is 11.4 Å². The number of hydrogen-bond acceptors (Lipinski definition) is 10. The monoisotopic (exact) mass is 598 g/mol. The predicted octanol–water partition coefficient (Wildman–Crippen LogP) is 3.98. The smallest absolute Gasteiger partial charge is 0.0890 e. The average Bonchev–Trinajstić information content (AvgIpc) is 3.07. The largest absolute Gasteiger partial charge is 0.378 e. The molecule has 0 amide bonds. The highest BCUT2D eigenvalue weighted by Crippen LogP contribution is 2.16. The van der Waals surface area contributed by atoms with Gasteiger partial charge >= 0.3 is 0 Å². The first-order chi connectivity index (χ1) is 21.8. The van der Waals surface area contributed by atoms with E-state index in [-0.39, 0.29) is 0 Å². The van der Waals surface area contributed by atoms with Gasteiger partial charge in [-0.1, -0.05) is 24.3 Å². The van der Waals surface area contributed by atoms with Crippen LogP contribution >= 0.6 is 0 Å². The number of pyridine rings is 4.